The third kappa shape index (κ3) is 3.16. The molecule has 25 heavy (non-hydrogen) atoms. The van der Waals surface area contributed by atoms with Gasteiger partial charge < -0.3 is 14.2 Å². The van der Waals surface area contributed by atoms with Crippen molar-refractivity contribution in [3.8, 4) is 0 Å². The molecule has 4 heteroatoms. The van der Waals surface area contributed by atoms with E-state index in [9.17, 15) is 4.79 Å². The third-order valence-corrected chi connectivity index (χ3v) is 6.92. The summed E-state index contributed by atoms with van der Waals surface area (Å²) in [5, 5.41) is 0. The van der Waals surface area contributed by atoms with Crippen LogP contribution in [0.25, 0.3) is 0 Å². The molecule has 5 aliphatic rings. The average molecular weight is 348 g/mol. The van der Waals surface area contributed by atoms with Crippen LogP contribution in [-0.2, 0) is 19.0 Å². The highest BCUT2D eigenvalue weighted by molar-refractivity contribution is 5.87. The quantitative estimate of drug-likeness (QED) is 0.511. The van der Waals surface area contributed by atoms with E-state index in [2.05, 4.69) is 13.5 Å². The molecule has 4 nitrogen and oxygen atoms in total. The lowest BCUT2D eigenvalue weighted by atomic mass is 9.52. The summed E-state index contributed by atoms with van der Waals surface area (Å²) in [6.07, 6.45) is 9.69. The van der Waals surface area contributed by atoms with Crippen LogP contribution >= 0.6 is 0 Å². The van der Waals surface area contributed by atoms with Gasteiger partial charge in [-0.15, -0.1) is 0 Å². The molecule has 3 unspecified atom stereocenters. The number of carbonyl (C=O) groups excluding carboxylic acids is 1. The lowest BCUT2D eigenvalue weighted by Crippen LogP contribution is -2.62. The van der Waals surface area contributed by atoms with Gasteiger partial charge in [0.15, 0.2) is 0 Å². The molecular weight excluding hydrogens is 316 g/mol. The molecular formula is C21H32O4. The Balaban J connectivity index is 1.48. The van der Waals surface area contributed by atoms with Crippen molar-refractivity contribution in [2.75, 3.05) is 13.2 Å². The fourth-order valence-electron chi connectivity index (χ4n) is 6.18. The maximum Gasteiger partial charge on any atom is 0.333 e. The van der Waals surface area contributed by atoms with Crippen molar-refractivity contribution in [2.45, 2.75) is 88.4 Å². The van der Waals surface area contributed by atoms with Gasteiger partial charge in [-0.25, -0.2) is 4.79 Å². The normalized spacial score (nSPS) is 44.4. The molecule has 0 N–H and O–H groups in total. The maximum absolute atomic E-state index is 12.2. The summed E-state index contributed by atoms with van der Waals surface area (Å²) < 4.78 is 18.6. The molecule has 1 heterocycles. The van der Waals surface area contributed by atoms with Gasteiger partial charge in [0.05, 0.1) is 24.4 Å². The Kier molecular flexibility index (Phi) is 4.27. The Labute approximate surface area is 151 Å². The standard InChI is InChI=1S/C21H32O4/c1-4-5-19(6-7-23-19)14-24-20-9-16-8-17(10-20)12-21(11-16,13-20)25-18(22)15(2)3/h16-17H,2,4-14H2,1,3H3. The Hall–Kier alpha value is -0.870. The molecule has 4 aliphatic carbocycles. The molecule has 140 valence electrons. The van der Waals surface area contributed by atoms with Gasteiger partial charge in [-0.1, -0.05) is 19.9 Å². The molecule has 3 atom stereocenters. The minimum Gasteiger partial charge on any atom is -0.456 e. The lowest BCUT2D eigenvalue weighted by molar-refractivity contribution is -0.262. The second-order valence-corrected chi connectivity index (χ2v) is 9.32. The van der Waals surface area contributed by atoms with E-state index < -0.39 is 0 Å². The first-order valence-corrected chi connectivity index (χ1v) is 10.0. The molecule has 0 amide bonds. The van der Waals surface area contributed by atoms with E-state index in [1.54, 1.807) is 6.92 Å². The van der Waals surface area contributed by atoms with Crippen LogP contribution in [0.15, 0.2) is 12.2 Å². The van der Waals surface area contributed by atoms with Gasteiger partial charge in [-0.3, -0.25) is 0 Å². The lowest BCUT2D eigenvalue weighted by Gasteiger charge is -2.61. The number of rotatable bonds is 7. The zero-order chi connectivity index (χ0) is 17.7. The summed E-state index contributed by atoms with van der Waals surface area (Å²) in [6, 6.07) is 0. The molecule has 4 saturated carbocycles. The van der Waals surface area contributed by atoms with Crippen LogP contribution in [-0.4, -0.2) is 36.0 Å². The highest BCUT2D eigenvalue weighted by Gasteiger charge is 2.61. The molecule has 4 bridgehead atoms. The Morgan fingerprint density at radius 3 is 2.36 bits per heavy atom. The molecule has 0 aromatic carbocycles. The molecule has 5 fully saturated rings. The first-order chi connectivity index (χ1) is 11.9. The van der Waals surface area contributed by atoms with Crippen LogP contribution in [0, 0.1) is 11.8 Å². The maximum atomic E-state index is 12.2. The van der Waals surface area contributed by atoms with E-state index in [1.807, 2.05) is 0 Å². The van der Waals surface area contributed by atoms with Crippen LogP contribution in [0.3, 0.4) is 0 Å². The van der Waals surface area contributed by atoms with E-state index in [4.69, 9.17) is 14.2 Å². The highest BCUT2D eigenvalue weighted by Crippen LogP contribution is 2.60. The molecule has 0 aromatic heterocycles. The van der Waals surface area contributed by atoms with Crippen molar-refractivity contribution < 1.29 is 19.0 Å². The van der Waals surface area contributed by atoms with Gasteiger partial charge in [0.25, 0.3) is 0 Å². The number of carbonyl (C=O) groups is 1. The van der Waals surface area contributed by atoms with Crippen molar-refractivity contribution >= 4 is 5.97 Å². The fraction of sp³-hybridized carbons (Fsp3) is 0.857. The van der Waals surface area contributed by atoms with Crippen LogP contribution < -0.4 is 0 Å². The van der Waals surface area contributed by atoms with Crippen molar-refractivity contribution in [2.24, 2.45) is 11.8 Å². The van der Waals surface area contributed by atoms with Gasteiger partial charge in [0.2, 0.25) is 0 Å². The van der Waals surface area contributed by atoms with E-state index >= 15 is 0 Å². The number of esters is 1. The molecule has 1 saturated heterocycles. The van der Waals surface area contributed by atoms with Crippen molar-refractivity contribution in [3.05, 3.63) is 12.2 Å². The first kappa shape index (κ1) is 17.5. The van der Waals surface area contributed by atoms with Gasteiger partial charge in [-0.05, 0) is 57.3 Å². The zero-order valence-electron chi connectivity index (χ0n) is 15.8. The zero-order valence-corrected chi connectivity index (χ0v) is 15.8. The molecule has 0 aromatic rings. The summed E-state index contributed by atoms with van der Waals surface area (Å²) in [5.41, 5.74) is 0.00699. The Morgan fingerprint density at radius 2 is 1.84 bits per heavy atom. The molecule has 0 radical (unpaired) electrons. The van der Waals surface area contributed by atoms with Gasteiger partial charge >= 0.3 is 5.97 Å². The summed E-state index contributed by atoms with van der Waals surface area (Å²) in [4.78, 5) is 12.2. The number of hydrogen-bond donors (Lipinski definition) is 0. The largest absolute Gasteiger partial charge is 0.456 e. The second kappa shape index (κ2) is 6.09. The highest BCUT2D eigenvalue weighted by atomic mass is 16.6. The van der Waals surface area contributed by atoms with E-state index in [0.717, 1.165) is 58.0 Å². The third-order valence-electron chi connectivity index (χ3n) is 6.92. The topological polar surface area (TPSA) is 44.8 Å². The minimum atomic E-state index is -0.321. The Bertz CT molecular complexity index is 548. The van der Waals surface area contributed by atoms with E-state index in [0.29, 0.717) is 24.0 Å². The number of ether oxygens (including phenoxy) is 3. The van der Waals surface area contributed by atoms with Crippen LogP contribution in [0.1, 0.15) is 71.6 Å². The SMILES string of the molecule is C=C(C)C(=O)OC12CC3CC(CC(OCC4(CCC)CCO4)(C3)C1)C2. The van der Waals surface area contributed by atoms with Crippen LogP contribution in [0.4, 0.5) is 0 Å². The second-order valence-electron chi connectivity index (χ2n) is 9.32. The van der Waals surface area contributed by atoms with Gasteiger partial charge in [0, 0.05) is 18.4 Å². The summed E-state index contributed by atoms with van der Waals surface area (Å²) in [6.45, 7) is 9.26. The van der Waals surface area contributed by atoms with Crippen molar-refractivity contribution in [1.82, 2.24) is 0 Å². The van der Waals surface area contributed by atoms with Gasteiger partial charge in [0.1, 0.15) is 5.60 Å². The van der Waals surface area contributed by atoms with E-state index in [1.165, 1.54) is 6.42 Å². The van der Waals surface area contributed by atoms with Crippen LogP contribution in [0.5, 0.6) is 0 Å². The molecule has 5 rings (SSSR count). The van der Waals surface area contributed by atoms with Crippen molar-refractivity contribution in [1.29, 1.82) is 0 Å². The van der Waals surface area contributed by atoms with Crippen molar-refractivity contribution in [3.63, 3.8) is 0 Å². The van der Waals surface area contributed by atoms with Gasteiger partial charge in [-0.2, -0.15) is 0 Å². The van der Waals surface area contributed by atoms with Crippen LogP contribution in [0.2, 0.25) is 0 Å². The fourth-order valence-corrected chi connectivity index (χ4v) is 6.18. The summed E-state index contributed by atoms with van der Waals surface area (Å²) in [7, 11) is 0. The Morgan fingerprint density at radius 1 is 1.20 bits per heavy atom. The monoisotopic (exact) mass is 348 g/mol. The predicted molar refractivity (Wildman–Crippen MR) is 95.2 cm³/mol. The number of hydrogen-bond acceptors (Lipinski definition) is 4. The average Bonchev–Trinajstić information content (AvgIpc) is 2.48. The summed E-state index contributed by atoms with van der Waals surface area (Å²) in [5.74, 6) is 1.02. The smallest absolute Gasteiger partial charge is 0.333 e. The van der Waals surface area contributed by atoms with E-state index in [-0.39, 0.29) is 22.8 Å². The molecule has 1 aliphatic heterocycles. The molecule has 0 spiro atoms. The first-order valence-electron chi connectivity index (χ1n) is 10.0. The minimum absolute atomic E-state index is 0.0559. The summed E-state index contributed by atoms with van der Waals surface area (Å²) >= 11 is 0. The predicted octanol–water partition coefficient (Wildman–Crippen LogP) is 4.17.